The van der Waals surface area contributed by atoms with Crippen LogP contribution in [0.15, 0.2) is 23.0 Å². The molecule has 2 heterocycles. The normalized spacial score (nSPS) is 20.6. The molecule has 0 spiro atoms. The first kappa shape index (κ1) is 17.5. The number of aromatic amines is 2. The first-order chi connectivity index (χ1) is 11.7. The van der Waals surface area contributed by atoms with Crippen LogP contribution < -0.4 is 11.0 Å². The van der Waals surface area contributed by atoms with Crippen molar-refractivity contribution in [2.24, 2.45) is 5.92 Å². The third-order valence-electron chi connectivity index (χ3n) is 4.63. The van der Waals surface area contributed by atoms with Gasteiger partial charge in [0.2, 0.25) is 5.91 Å². The Kier molecular flexibility index (Phi) is 4.59. The molecule has 0 saturated carbocycles. The van der Waals surface area contributed by atoms with E-state index in [1.807, 2.05) is 0 Å². The molecule has 9 heteroatoms. The van der Waals surface area contributed by atoms with E-state index >= 15 is 0 Å². The number of imidazole rings is 1. The van der Waals surface area contributed by atoms with E-state index in [-0.39, 0.29) is 24.6 Å². The molecule has 1 aliphatic rings. The molecule has 1 saturated heterocycles. The van der Waals surface area contributed by atoms with Crippen LogP contribution in [-0.2, 0) is 4.79 Å². The summed E-state index contributed by atoms with van der Waals surface area (Å²) in [7, 11) is 0. The number of amides is 1. The fourth-order valence-electron chi connectivity index (χ4n) is 3.15. The lowest BCUT2D eigenvalue weighted by Crippen LogP contribution is -2.49. The number of nitrogens with one attached hydrogen (secondary N) is 3. The van der Waals surface area contributed by atoms with E-state index in [1.165, 1.54) is 0 Å². The number of H-pyrrole nitrogens is 2. The first-order valence-electron chi connectivity index (χ1n) is 8.08. The van der Waals surface area contributed by atoms with Gasteiger partial charge in [-0.05, 0) is 44.5 Å². The summed E-state index contributed by atoms with van der Waals surface area (Å²) in [5, 5.41) is 2.70. The van der Waals surface area contributed by atoms with Gasteiger partial charge in [-0.25, -0.2) is 4.79 Å². The van der Waals surface area contributed by atoms with Crippen molar-refractivity contribution in [3.63, 3.8) is 0 Å². The lowest BCUT2D eigenvalue weighted by Gasteiger charge is -2.36. The first-order valence-corrected chi connectivity index (χ1v) is 8.08. The number of aromatic nitrogens is 2. The number of halogens is 3. The number of benzene rings is 1. The van der Waals surface area contributed by atoms with Gasteiger partial charge >= 0.3 is 11.9 Å². The lowest BCUT2D eigenvalue weighted by atomic mass is 9.96. The Morgan fingerprint density at radius 1 is 1.32 bits per heavy atom. The average molecular weight is 356 g/mol. The smallest absolute Gasteiger partial charge is 0.325 e. The van der Waals surface area contributed by atoms with Gasteiger partial charge in [0.25, 0.3) is 0 Å². The minimum absolute atomic E-state index is 0.103. The summed E-state index contributed by atoms with van der Waals surface area (Å²) in [6.45, 7) is 1.90. The number of anilines is 1. The highest BCUT2D eigenvalue weighted by atomic mass is 19.4. The van der Waals surface area contributed by atoms with E-state index in [9.17, 15) is 22.8 Å². The largest absolute Gasteiger partial charge is 0.393 e. The average Bonchev–Trinajstić information content (AvgIpc) is 2.92. The molecule has 136 valence electrons. The summed E-state index contributed by atoms with van der Waals surface area (Å²) in [4.78, 5) is 30.4. The molecule has 3 rings (SSSR count). The second-order valence-electron chi connectivity index (χ2n) is 6.38. The van der Waals surface area contributed by atoms with Gasteiger partial charge < -0.3 is 15.3 Å². The van der Waals surface area contributed by atoms with Crippen LogP contribution in [0, 0.1) is 5.92 Å². The van der Waals surface area contributed by atoms with Crippen LogP contribution >= 0.6 is 0 Å². The highest BCUT2D eigenvalue weighted by Crippen LogP contribution is 2.33. The van der Waals surface area contributed by atoms with E-state index in [2.05, 4.69) is 15.3 Å². The van der Waals surface area contributed by atoms with E-state index < -0.39 is 18.1 Å². The molecule has 2 unspecified atom stereocenters. The standard InChI is InChI=1S/C16H19F3N4O2/c1-9(23-6-2-3-10(8-23)16(17,18)19)14(24)20-11-4-5-12-13(7-11)22-15(25)21-12/h4-5,7,9-10H,2-3,6,8H2,1H3,(H,20,24)(H2,21,22,25). The van der Waals surface area contributed by atoms with Crippen LogP contribution in [-0.4, -0.2) is 46.1 Å². The highest BCUT2D eigenvalue weighted by molar-refractivity contribution is 5.96. The number of alkyl halides is 3. The van der Waals surface area contributed by atoms with E-state index in [0.29, 0.717) is 29.7 Å². The number of piperidine rings is 1. The SMILES string of the molecule is CC(C(=O)Nc1ccc2[nH]c(=O)[nH]c2c1)N1CCCC(C(F)(F)F)C1. The summed E-state index contributed by atoms with van der Waals surface area (Å²) in [6, 6.07) is 4.21. The summed E-state index contributed by atoms with van der Waals surface area (Å²) in [5.41, 5.74) is 1.29. The predicted octanol–water partition coefficient (Wildman–Crippen LogP) is 2.46. The van der Waals surface area contributed by atoms with Crippen LogP contribution in [0.5, 0.6) is 0 Å². The molecule has 0 radical (unpaired) electrons. The Bertz CT molecular complexity index is 827. The van der Waals surface area contributed by atoms with E-state index in [0.717, 1.165) is 0 Å². The van der Waals surface area contributed by atoms with Gasteiger partial charge in [-0.1, -0.05) is 0 Å². The molecule has 1 aromatic heterocycles. The number of nitrogens with zero attached hydrogens (tertiary/aromatic N) is 1. The lowest BCUT2D eigenvalue weighted by molar-refractivity contribution is -0.188. The van der Waals surface area contributed by atoms with Gasteiger partial charge in [0.05, 0.1) is 23.0 Å². The molecule has 2 aromatic rings. The maximum atomic E-state index is 12.9. The van der Waals surface area contributed by atoms with Crippen molar-refractivity contribution in [2.75, 3.05) is 18.4 Å². The van der Waals surface area contributed by atoms with Gasteiger partial charge in [0, 0.05) is 12.2 Å². The zero-order valence-corrected chi connectivity index (χ0v) is 13.6. The molecule has 0 bridgehead atoms. The van der Waals surface area contributed by atoms with Gasteiger partial charge in [0.15, 0.2) is 0 Å². The fraction of sp³-hybridized carbons (Fsp3) is 0.500. The minimum atomic E-state index is -4.24. The van der Waals surface area contributed by atoms with Crippen molar-refractivity contribution in [1.82, 2.24) is 14.9 Å². The molecular weight excluding hydrogens is 337 g/mol. The van der Waals surface area contributed by atoms with Crippen LogP contribution in [0.2, 0.25) is 0 Å². The zero-order valence-electron chi connectivity index (χ0n) is 13.6. The molecule has 0 aliphatic carbocycles. The Hall–Kier alpha value is -2.29. The number of hydrogen-bond donors (Lipinski definition) is 3. The minimum Gasteiger partial charge on any atom is -0.325 e. The van der Waals surface area contributed by atoms with Crippen molar-refractivity contribution in [1.29, 1.82) is 0 Å². The topological polar surface area (TPSA) is 81.0 Å². The summed E-state index contributed by atoms with van der Waals surface area (Å²) < 4.78 is 38.8. The summed E-state index contributed by atoms with van der Waals surface area (Å²) >= 11 is 0. The molecule has 1 fully saturated rings. The van der Waals surface area contributed by atoms with Crippen LogP contribution in [0.25, 0.3) is 11.0 Å². The molecule has 1 aromatic carbocycles. The van der Waals surface area contributed by atoms with Crippen LogP contribution in [0.1, 0.15) is 19.8 Å². The maximum absolute atomic E-state index is 12.9. The van der Waals surface area contributed by atoms with Crippen LogP contribution in [0.4, 0.5) is 18.9 Å². The van der Waals surface area contributed by atoms with Gasteiger partial charge in [-0.3, -0.25) is 9.69 Å². The third kappa shape index (κ3) is 3.87. The number of carbonyl (C=O) groups excluding carboxylic acids is 1. The van der Waals surface area contributed by atoms with E-state index in [4.69, 9.17) is 0 Å². The number of carbonyl (C=O) groups is 1. The fourth-order valence-corrected chi connectivity index (χ4v) is 3.15. The Morgan fingerprint density at radius 2 is 2.04 bits per heavy atom. The van der Waals surface area contributed by atoms with Crippen molar-refractivity contribution >= 4 is 22.6 Å². The Labute approximate surface area is 141 Å². The predicted molar refractivity (Wildman–Crippen MR) is 87.4 cm³/mol. The molecule has 1 aliphatic heterocycles. The summed E-state index contributed by atoms with van der Waals surface area (Å²) in [6.07, 6.45) is -3.72. The van der Waals surface area contributed by atoms with Crippen molar-refractivity contribution in [3.05, 3.63) is 28.7 Å². The van der Waals surface area contributed by atoms with Gasteiger partial charge in [0.1, 0.15) is 0 Å². The zero-order chi connectivity index (χ0) is 18.2. The maximum Gasteiger partial charge on any atom is 0.393 e. The monoisotopic (exact) mass is 356 g/mol. The molecule has 6 nitrogen and oxygen atoms in total. The number of likely N-dealkylation sites (tertiary alicyclic amines) is 1. The quantitative estimate of drug-likeness (QED) is 0.790. The van der Waals surface area contributed by atoms with Crippen molar-refractivity contribution in [3.8, 4) is 0 Å². The van der Waals surface area contributed by atoms with Crippen LogP contribution in [0.3, 0.4) is 0 Å². The third-order valence-corrected chi connectivity index (χ3v) is 4.63. The summed E-state index contributed by atoms with van der Waals surface area (Å²) in [5.74, 6) is -1.77. The van der Waals surface area contributed by atoms with Gasteiger partial charge in [-0.2, -0.15) is 13.2 Å². The Balaban J connectivity index is 1.68. The second-order valence-corrected chi connectivity index (χ2v) is 6.38. The van der Waals surface area contributed by atoms with E-state index in [1.54, 1.807) is 30.0 Å². The molecule has 3 N–H and O–H groups in total. The van der Waals surface area contributed by atoms with Gasteiger partial charge in [-0.15, -0.1) is 0 Å². The highest BCUT2D eigenvalue weighted by Gasteiger charge is 2.43. The molecular formula is C16H19F3N4O2. The number of fused-ring (bicyclic) bond motifs is 1. The molecule has 1 amide bonds. The van der Waals surface area contributed by atoms with Crippen molar-refractivity contribution < 1.29 is 18.0 Å². The number of hydrogen-bond acceptors (Lipinski definition) is 3. The molecule has 25 heavy (non-hydrogen) atoms. The second kappa shape index (κ2) is 6.55. The Morgan fingerprint density at radius 3 is 2.76 bits per heavy atom. The number of rotatable bonds is 3. The van der Waals surface area contributed by atoms with Crippen molar-refractivity contribution in [2.45, 2.75) is 32.0 Å². The molecule has 2 atom stereocenters.